The molecule has 6 heteroatoms. The molecule has 6 nitrogen and oxygen atoms in total. The first kappa shape index (κ1) is 16.1. The Morgan fingerprint density at radius 2 is 2.05 bits per heavy atom. The molecule has 1 aliphatic carbocycles. The van der Waals surface area contributed by atoms with Gasteiger partial charge >= 0.3 is 12.0 Å². The smallest absolute Gasteiger partial charge is 0.317 e. The molecule has 1 heterocycles. The fraction of sp³-hybridized carbons (Fsp3) is 0.867. The van der Waals surface area contributed by atoms with Crippen LogP contribution >= 0.6 is 0 Å². The van der Waals surface area contributed by atoms with Gasteiger partial charge in [0.25, 0.3) is 0 Å². The average molecular weight is 298 g/mol. The van der Waals surface area contributed by atoms with E-state index in [1.165, 1.54) is 11.3 Å². The summed E-state index contributed by atoms with van der Waals surface area (Å²) in [5, 5.41) is 12.2. The monoisotopic (exact) mass is 298 g/mol. The Balaban J connectivity index is 1.92. The summed E-state index contributed by atoms with van der Waals surface area (Å²) in [6.07, 6.45) is 4.27. The number of aliphatic carboxylic acids is 1. The number of urea groups is 1. The van der Waals surface area contributed by atoms with E-state index in [1.807, 2.05) is 0 Å². The lowest BCUT2D eigenvalue weighted by Gasteiger charge is -2.37. The first-order valence-corrected chi connectivity index (χ1v) is 7.64. The second-order valence-corrected chi connectivity index (χ2v) is 7.07. The van der Waals surface area contributed by atoms with Gasteiger partial charge in [-0.3, -0.25) is 4.79 Å². The molecule has 1 aliphatic heterocycles. The van der Waals surface area contributed by atoms with Crippen molar-refractivity contribution in [2.75, 3.05) is 20.3 Å². The number of carboxylic acid groups (broad SMARTS) is 1. The lowest BCUT2D eigenvalue weighted by molar-refractivity contribution is -0.142. The quantitative estimate of drug-likeness (QED) is 0.831. The Bertz CT molecular complexity index is 410. The fourth-order valence-corrected chi connectivity index (χ4v) is 3.41. The number of rotatable bonds is 3. The van der Waals surface area contributed by atoms with Crippen molar-refractivity contribution in [3.8, 4) is 0 Å². The highest BCUT2D eigenvalue weighted by atomic mass is 16.5. The molecule has 2 rings (SSSR count). The van der Waals surface area contributed by atoms with Gasteiger partial charge in [-0.1, -0.05) is 20.3 Å². The van der Waals surface area contributed by atoms with Crippen LogP contribution < -0.4 is 5.32 Å². The standard InChI is InChI=1S/C15H26N2O4/c1-15(2)6-4-5-10(7-15)16-14(20)17(3)12-9-21-8-11(12)13(18)19/h10-12H,4-9H2,1-3H3,(H,16,20)(H,18,19). The summed E-state index contributed by atoms with van der Waals surface area (Å²) in [5.74, 6) is -1.54. The molecule has 1 saturated heterocycles. The van der Waals surface area contributed by atoms with Crippen LogP contribution in [0.25, 0.3) is 0 Å². The van der Waals surface area contributed by atoms with Crippen molar-refractivity contribution < 1.29 is 19.4 Å². The molecule has 21 heavy (non-hydrogen) atoms. The van der Waals surface area contributed by atoms with Crippen LogP contribution in [0.5, 0.6) is 0 Å². The number of amides is 2. The number of nitrogens with one attached hydrogen (secondary N) is 1. The molecule has 0 aromatic carbocycles. The van der Waals surface area contributed by atoms with Crippen LogP contribution in [0, 0.1) is 11.3 Å². The van der Waals surface area contributed by atoms with Gasteiger partial charge in [0, 0.05) is 13.1 Å². The predicted octanol–water partition coefficient (Wildman–Crippen LogP) is 1.70. The predicted molar refractivity (Wildman–Crippen MR) is 78.1 cm³/mol. The van der Waals surface area contributed by atoms with Gasteiger partial charge < -0.3 is 20.1 Å². The van der Waals surface area contributed by atoms with Crippen LogP contribution in [-0.2, 0) is 9.53 Å². The average Bonchev–Trinajstić information content (AvgIpc) is 2.85. The Hall–Kier alpha value is -1.30. The SMILES string of the molecule is CN(C(=O)NC1CCCC(C)(C)C1)C1COCC1C(=O)O. The normalized spacial score (nSPS) is 31.7. The minimum absolute atomic E-state index is 0.175. The topological polar surface area (TPSA) is 78.9 Å². The molecule has 2 fully saturated rings. The van der Waals surface area contributed by atoms with E-state index in [9.17, 15) is 9.59 Å². The molecule has 0 radical (unpaired) electrons. The Kier molecular flexibility index (Phi) is 4.76. The second kappa shape index (κ2) is 6.22. The lowest BCUT2D eigenvalue weighted by Crippen LogP contribution is -2.52. The van der Waals surface area contributed by atoms with Crippen molar-refractivity contribution in [2.45, 2.75) is 51.6 Å². The summed E-state index contributed by atoms with van der Waals surface area (Å²) in [5.41, 5.74) is 0.259. The summed E-state index contributed by atoms with van der Waals surface area (Å²) in [7, 11) is 1.65. The molecule has 1 saturated carbocycles. The molecule has 2 aliphatic rings. The molecule has 0 spiro atoms. The maximum Gasteiger partial charge on any atom is 0.317 e. The number of ether oxygens (including phenoxy) is 1. The molecule has 3 unspecified atom stereocenters. The van der Waals surface area contributed by atoms with Gasteiger partial charge in [-0.05, 0) is 24.7 Å². The number of hydrogen-bond acceptors (Lipinski definition) is 3. The van der Waals surface area contributed by atoms with Crippen LogP contribution in [0.1, 0.15) is 39.5 Å². The maximum atomic E-state index is 12.3. The third kappa shape index (κ3) is 3.87. The number of hydrogen-bond donors (Lipinski definition) is 2. The lowest BCUT2D eigenvalue weighted by atomic mass is 9.75. The third-order valence-corrected chi connectivity index (χ3v) is 4.72. The van der Waals surface area contributed by atoms with Crippen molar-refractivity contribution in [2.24, 2.45) is 11.3 Å². The first-order valence-electron chi connectivity index (χ1n) is 7.64. The Morgan fingerprint density at radius 1 is 1.33 bits per heavy atom. The summed E-state index contributed by atoms with van der Waals surface area (Å²) >= 11 is 0. The minimum Gasteiger partial charge on any atom is -0.481 e. The summed E-state index contributed by atoms with van der Waals surface area (Å²) in [6, 6.07) is -0.409. The zero-order valence-electron chi connectivity index (χ0n) is 13.1. The van der Waals surface area contributed by atoms with Gasteiger partial charge in [-0.2, -0.15) is 0 Å². The summed E-state index contributed by atoms with van der Waals surface area (Å²) in [4.78, 5) is 25.0. The third-order valence-electron chi connectivity index (χ3n) is 4.72. The van der Waals surface area contributed by atoms with E-state index in [2.05, 4.69) is 19.2 Å². The number of nitrogens with zero attached hydrogens (tertiary/aromatic N) is 1. The highest BCUT2D eigenvalue weighted by Gasteiger charge is 2.39. The van der Waals surface area contributed by atoms with Crippen molar-refractivity contribution >= 4 is 12.0 Å². The zero-order valence-corrected chi connectivity index (χ0v) is 13.1. The van der Waals surface area contributed by atoms with E-state index in [4.69, 9.17) is 9.84 Å². The summed E-state index contributed by atoms with van der Waals surface area (Å²) in [6.45, 7) is 4.91. The van der Waals surface area contributed by atoms with Gasteiger partial charge in [-0.15, -0.1) is 0 Å². The summed E-state index contributed by atoms with van der Waals surface area (Å²) < 4.78 is 5.22. The van der Waals surface area contributed by atoms with Crippen LogP contribution in [0.15, 0.2) is 0 Å². The van der Waals surface area contributed by atoms with E-state index in [-0.39, 0.29) is 36.7 Å². The maximum absolute atomic E-state index is 12.3. The highest BCUT2D eigenvalue weighted by molar-refractivity contribution is 5.77. The number of likely N-dealkylation sites (N-methyl/N-ethyl adjacent to an activating group) is 1. The van der Waals surface area contributed by atoms with Gasteiger partial charge in [0.1, 0.15) is 5.92 Å². The van der Waals surface area contributed by atoms with E-state index in [0.717, 1.165) is 19.3 Å². The van der Waals surface area contributed by atoms with Gasteiger partial charge in [0.05, 0.1) is 19.3 Å². The zero-order chi connectivity index (χ0) is 15.6. The van der Waals surface area contributed by atoms with E-state index in [0.29, 0.717) is 0 Å². The van der Waals surface area contributed by atoms with Gasteiger partial charge in [0.15, 0.2) is 0 Å². The van der Waals surface area contributed by atoms with E-state index in [1.54, 1.807) is 7.05 Å². The number of carbonyl (C=O) groups is 2. The molecule has 0 aromatic rings. The molecule has 2 N–H and O–H groups in total. The fourth-order valence-electron chi connectivity index (χ4n) is 3.41. The molecule has 0 bridgehead atoms. The van der Waals surface area contributed by atoms with Crippen LogP contribution in [-0.4, -0.2) is 54.4 Å². The molecular formula is C15H26N2O4. The van der Waals surface area contributed by atoms with Crippen LogP contribution in [0.3, 0.4) is 0 Å². The van der Waals surface area contributed by atoms with Crippen LogP contribution in [0.4, 0.5) is 4.79 Å². The second-order valence-electron chi connectivity index (χ2n) is 7.07. The Labute approximate surface area is 125 Å². The van der Waals surface area contributed by atoms with Gasteiger partial charge in [-0.25, -0.2) is 4.79 Å². The molecule has 3 atom stereocenters. The van der Waals surface area contributed by atoms with Gasteiger partial charge in [0.2, 0.25) is 0 Å². The largest absolute Gasteiger partial charge is 0.481 e. The number of carboxylic acids is 1. The first-order chi connectivity index (χ1) is 9.80. The van der Waals surface area contributed by atoms with Crippen molar-refractivity contribution in [1.29, 1.82) is 0 Å². The Morgan fingerprint density at radius 3 is 2.67 bits per heavy atom. The van der Waals surface area contributed by atoms with Crippen LogP contribution in [0.2, 0.25) is 0 Å². The molecule has 2 amide bonds. The number of carbonyl (C=O) groups excluding carboxylic acids is 1. The van der Waals surface area contributed by atoms with E-state index < -0.39 is 11.9 Å². The molecular weight excluding hydrogens is 272 g/mol. The molecule has 120 valence electrons. The van der Waals surface area contributed by atoms with Crippen molar-refractivity contribution in [3.63, 3.8) is 0 Å². The minimum atomic E-state index is -0.907. The van der Waals surface area contributed by atoms with E-state index >= 15 is 0 Å². The highest BCUT2D eigenvalue weighted by Crippen LogP contribution is 2.35. The van der Waals surface area contributed by atoms with Crippen molar-refractivity contribution in [1.82, 2.24) is 10.2 Å². The van der Waals surface area contributed by atoms with Crippen molar-refractivity contribution in [3.05, 3.63) is 0 Å². The molecule has 0 aromatic heterocycles.